The lowest BCUT2D eigenvalue weighted by Crippen LogP contribution is -2.41. The van der Waals surface area contributed by atoms with Crippen molar-refractivity contribution >= 4 is 16.9 Å². The van der Waals surface area contributed by atoms with Crippen molar-refractivity contribution in [2.24, 2.45) is 0 Å². The molecule has 0 bridgehead atoms. The Morgan fingerprint density at radius 2 is 1.97 bits per heavy atom. The van der Waals surface area contributed by atoms with Gasteiger partial charge in [0, 0.05) is 37.9 Å². The van der Waals surface area contributed by atoms with Crippen LogP contribution in [0.25, 0.3) is 22.2 Å². The van der Waals surface area contributed by atoms with Crippen molar-refractivity contribution in [2.45, 2.75) is 25.4 Å². The van der Waals surface area contributed by atoms with Gasteiger partial charge in [0.05, 0.1) is 22.8 Å². The van der Waals surface area contributed by atoms with Crippen LogP contribution in [0.4, 0.5) is 8.78 Å². The number of carbonyl (C=O) groups is 1. The van der Waals surface area contributed by atoms with Gasteiger partial charge in [-0.1, -0.05) is 6.07 Å². The van der Waals surface area contributed by atoms with Crippen LogP contribution in [-0.2, 0) is 6.54 Å². The molecule has 148 valence electrons. The van der Waals surface area contributed by atoms with Gasteiger partial charge in [0.15, 0.2) is 0 Å². The van der Waals surface area contributed by atoms with E-state index < -0.39 is 11.6 Å². The third-order valence-electron chi connectivity index (χ3n) is 5.26. The van der Waals surface area contributed by atoms with Gasteiger partial charge in [-0.25, -0.2) is 8.78 Å². The van der Waals surface area contributed by atoms with E-state index in [-0.39, 0.29) is 17.5 Å². The third-order valence-corrected chi connectivity index (χ3v) is 5.26. The molecule has 0 atom stereocenters. The Bertz CT molecular complexity index is 1160. The minimum Gasteiger partial charge on any atom is -0.400 e. The molecule has 3 heterocycles. The summed E-state index contributed by atoms with van der Waals surface area (Å²) in [4.78, 5) is 19.2. The second-order valence-electron chi connectivity index (χ2n) is 6.93. The maximum Gasteiger partial charge on any atom is 0.271 e. The van der Waals surface area contributed by atoms with Crippen LogP contribution < -0.4 is 0 Å². The predicted octanol–water partition coefficient (Wildman–Crippen LogP) is 3.08. The molecule has 1 N–H and O–H groups in total. The minimum atomic E-state index is -0.660. The van der Waals surface area contributed by atoms with Crippen LogP contribution in [0, 0.1) is 23.0 Å². The summed E-state index contributed by atoms with van der Waals surface area (Å²) in [6, 6.07) is 7.63. The zero-order valence-corrected chi connectivity index (χ0v) is 15.7. The predicted molar refractivity (Wildman–Crippen MR) is 102 cm³/mol. The van der Waals surface area contributed by atoms with Gasteiger partial charge in [-0.15, -0.1) is 0 Å². The van der Waals surface area contributed by atoms with Crippen LogP contribution in [0.3, 0.4) is 0 Å². The number of aromatic nitrogens is 2. The number of amides is 1. The van der Waals surface area contributed by atoms with Gasteiger partial charge < -0.3 is 14.6 Å². The molecule has 1 aliphatic heterocycles. The fraction of sp³-hybridized carbons (Fsp3) is 0.286. The average molecular weight is 396 g/mol. The number of hydrogen-bond donors (Lipinski definition) is 1. The largest absolute Gasteiger partial charge is 0.400 e. The number of hydrogen-bond acceptors (Lipinski definition) is 4. The number of aliphatic hydroxyl groups excluding tert-OH is 1. The van der Waals surface area contributed by atoms with Gasteiger partial charge in [-0.2, -0.15) is 5.26 Å². The number of rotatable bonds is 2. The fourth-order valence-corrected chi connectivity index (χ4v) is 3.86. The molecular weight excluding hydrogens is 378 g/mol. The summed E-state index contributed by atoms with van der Waals surface area (Å²) in [5.41, 5.74) is 2.26. The standard InChI is InChI=1S/C20H14F2N4O.CH4O/c21-13-8-16-18(24-10-13)17(11-1-2-12(9-23)15(22)7-11)19-20(27)25(14-3-4-14)5-6-26(16)19;1-2/h1-2,7-8,10,14H,3-6H2;2H,1H3. The lowest BCUT2D eigenvalue weighted by Gasteiger charge is -2.29. The van der Waals surface area contributed by atoms with E-state index in [1.54, 1.807) is 16.7 Å². The van der Waals surface area contributed by atoms with Crippen molar-refractivity contribution < 1.29 is 18.7 Å². The number of pyridine rings is 1. The van der Waals surface area contributed by atoms with E-state index in [2.05, 4.69) is 4.98 Å². The molecule has 29 heavy (non-hydrogen) atoms. The van der Waals surface area contributed by atoms with Gasteiger partial charge in [-0.05, 0) is 30.5 Å². The summed E-state index contributed by atoms with van der Waals surface area (Å²) in [6.45, 7) is 1.11. The molecule has 6 nitrogen and oxygen atoms in total. The first kappa shape index (κ1) is 19.0. The van der Waals surface area contributed by atoms with Crippen LogP contribution in [0.2, 0.25) is 0 Å². The number of nitrogens with zero attached hydrogens (tertiary/aromatic N) is 4. The topological polar surface area (TPSA) is 82.2 Å². The van der Waals surface area contributed by atoms with E-state index in [1.807, 2.05) is 4.90 Å². The fourth-order valence-electron chi connectivity index (χ4n) is 3.86. The third kappa shape index (κ3) is 3.04. The Hall–Kier alpha value is -3.31. The molecule has 0 unspecified atom stereocenters. The smallest absolute Gasteiger partial charge is 0.271 e. The summed E-state index contributed by atoms with van der Waals surface area (Å²) >= 11 is 0. The molecule has 1 aromatic carbocycles. The SMILES string of the molecule is CO.N#Cc1ccc(-c2c3n(c4cc(F)cnc24)CCN(C2CC2)C3=O)cc1F. The van der Waals surface area contributed by atoms with Crippen LogP contribution in [0.5, 0.6) is 0 Å². The summed E-state index contributed by atoms with van der Waals surface area (Å²) in [5.74, 6) is -1.29. The van der Waals surface area contributed by atoms with E-state index in [0.717, 1.165) is 26.1 Å². The quantitative estimate of drug-likeness (QED) is 0.722. The van der Waals surface area contributed by atoms with Crippen molar-refractivity contribution in [1.29, 1.82) is 5.26 Å². The van der Waals surface area contributed by atoms with Crippen molar-refractivity contribution in [2.75, 3.05) is 13.7 Å². The van der Waals surface area contributed by atoms with Crippen LogP contribution in [0.1, 0.15) is 28.9 Å². The second-order valence-corrected chi connectivity index (χ2v) is 6.93. The van der Waals surface area contributed by atoms with Gasteiger partial charge in [-0.3, -0.25) is 9.78 Å². The van der Waals surface area contributed by atoms with Crippen LogP contribution >= 0.6 is 0 Å². The number of carbonyl (C=O) groups excluding carboxylic acids is 1. The van der Waals surface area contributed by atoms with Gasteiger partial charge >= 0.3 is 0 Å². The summed E-state index contributed by atoms with van der Waals surface area (Å²) in [5, 5.41) is 16.0. The molecule has 0 spiro atoms. The Morgan fingerprint density at radius 3 is 2.62 bits per heavy atom. The van der Waals surface area contributed by atoms with E-state index in [0.29, 0.717) is 40.9 Å². The number of fused-ring (bicyclic) bond motifs is 3. The highest BCUT2D eigenvalue weighted by Gasteiger charge is 2.39. The van der Waals surface area contributed by atoms with Gasteiger partial charge in [0.25, 0.3) is 5.91 Å². The highest BCUT2D eigenvalue weighted by atomic mass is 19.1. The van der Waals surface area contributed by atoms with E-state index in [4.69, 9.17) is 10.4 Å². The molecule has 2 aliphatic rings. The highest BCUT2D eigenvalue weighted by molar-refractivity contribution is 6.09. The highest BCUT2D eigenvalue weighted by Crippen LogP contribution is 2.39. The molecule has 1 aliphatic carbocycles. The van der Waals surface area contributed by atoms with Crippen molar-refractivity contribution in [1.82, 2.24) is 14.5 Å². The molecule has 1 amide bonds. The van der Waals surface area contributed by atoms with Crippen molar-refractivity contribution in [3.63, 3.8) is 0 Å². The Labute approximate surface area is 165 Å². The maximum atomic E-state index is 14.2. The number of benzene rings is 1. The molecule has 1 saturated carbocycles. The molecule has 1 fully saturated rings. The molecule has 3 aromatic rings. The molecule has 2 aromatic heterocycles. The van der Waals surface area contributed by atoms with E-state index in [1.165, 1.54) is 18.2 Å². The number of aliphatic hydroxyl groups is 1. The molecule has 5 rings (SSSR count). The zero-order chi connectivity index (χ0) is 20.7. The lowest BCUT2D eigenvalue weighted by molar-refractivity contribution is 0.0694. The van der Waals surface area contributed by atoms with Crippen LogP contribution in [0.15, 0.2) is 30.5 Å². The van der Waals surface area contributed by atoms with Gasteiger partial charge in [0.1, 0.15) is 23.4 Å². The summed E-state index contributed by atoms with van der Waals surface area (Å²) in [6.07, 6.45) is 3.07. The molecule has 0 saturated heterocycles. The zero-order valence-electron chi connectivity index (χ0n) is 15.7. The minimum absolute atomic E-state index is 0.0685. The summed E-state index contributed by atoms with van der Waals surface area (Å²) < 4.78 is 29.8. The van der Waals surface area contributed by atoms with Gasteiger partial charge in [0.2, 0.25) is 0 Å². The lowest BCUT2D eigenvalue weighted by atomic mass is 10.0. The Kier molecular flexibility index (Phi) is 4.76. The second kappa shape index (κ2) is 7.26. The maximum absolute atomic E-state index is 14.2. The first-order valence-corrected chi connectivity index (χ1v) is 9.22. The molecular formula is C21H18F2N4O2. The Morgan fingerprint density at radius 1 is 1.21 bits per heavy atom. The first-order chi connectivity index (χ1) is 14.1. The molecule has 0 radical (unpaired) electrons. The van der Waals surface area contributed by atoms with Crippen molar-refractivity contribution in [3.05, 3.63) is 53.4 Å². The average Bonchev–Trinajstić information content (AvgIpc) is 3.52. The first-order valence-electron chi connectivity index (χ1n) is 9.22. The monoisotopic (exact) mass is 396 g/mol. The summed E-state index contributed by atoms with van der Waals surface area (Å²) in [7, 11) is 1.00. The normalized spacial score (nSPS) is 15.6. The number of nitriles is 1. The Balaban J connectivity index is 0.000000994. The van der Waals surface area contributed by atoms with E-state index in [9.17, 15) is 13.6 Å². The van der Waals surface area contributed by atoms with Crippen molar-refractivity contribution in [3.8, 4) is 17.2 Å². The number of halogens is 2. The molecule has 8 heteroatoms. The van der Waals surface area contributed by atoms with Crippen LogP contribution in [-0.4, -0.2) is 45.2 Å². The van der Waals surface area contributed by atoms with E-state index >= 15 is 0 Å².